The summed E-state index contributed by atoms with van der Waals surface area (Å²) < 4.78 is 29.5. The smallest absolute Gasteiger partial charge is 0.399 e. The third kappa shape index (κ3) is 17.4. The van der Waals surface area contributed by atoms with Crippen molar-refractivity contribution >= 4 is 74.1 Å². The molecule has 2 aliphatic carbocycles. The van der Waals surface area contributed by atoms with Crippen LogP contribution in [0.2, 0.25) is 0 Å². The molecule has 2 aliphatic heterocycles. The maximum absolute atomic E-state index is 6.82. The number of fused-ring (bicyclic) bond motifs is 6. The number of nitrogens with zero attached hydrogens (tertiary/aromatic N) is 1. The summed E-state index contributed by atoms with van der Waals surface area (Å²) in [4.78, 5) is 2.28. The van der Waals surface area contributed by atoms with Gasteiger partial charge in [0.05, 0.1) is 22.4 Å². The summed E-state index contributed by atoms with van der Waals surface area (Å²) in [7, 11) is -0.755. The van der Waals surface area contributed by atoms with Gasteiger partial charge in [-0.25, -0.2) is 0 Å². The molecule has 9 heteroatoms. The van der Waals surface area contributed by atoms with Crippen LogP contribution < -0.4 is 15.8 Å². The van der Waals surface area contributed by atoms with Crippen molar-refractivity contribution in [1.82, 2.24) is 0 Å². The quantitative estimate of drug-likeness (QED) is 0.0293. The molecule has 2 fully saturated rings. The van der Waals surface area contributed by atoms with E-state index in [4.69, 9.17) is 18.6 Å². The highest BCUT2D eigenvalue weighted by molar-refractivity contribution is 9.10. The summed E-state index contributed by atoms with van der Waals surface area (Å²) in [6.45, 7) is 31.4. The third-order valence-corrected chi connectivity index (χ3v) is 24.3. The molecule has 10 rings (SSSR count). The van der Waals surface area contributed by atoms with Crippen LogP contribution >= 0.6 is 31.9 Å². The average Bonchev–Trinajstić information content (AvgIpc) is 1.53. The first-order valence-corrected chi connectivity index (χ1v) is 39.8. The molecular weight excluding hydrogens is 1290 g/mol. The van der Waals surface area contributed by atoms with Gasteiger partial charge in [0.25, 0.3) is 0 Å². The molecule has 95 heavy (non-hydrogen) atoms. The minimum absolute atomic E-state index is 0.0680. The fourth-order valence-electron chi connectivity index (χ4n) is 15.7. The maximum atomic E-state index is 6.82. The number of benzene rings is 6. The van der Waals surface area contributed by atoms with E-state index in [-0.39, 0.29) is 47.5 Å². The molecular formula is C86H121B2Br2NO4. The Hall–Kier alpha value is -3.95. The van der Waals surface area contributed by atoms with Crippen LogP contribution in [-0.4, -0.2) is 36.6 Å². The van der Waals surface area contributed by atoms with Crippen LogP contribution in [0.1, 0.15) is 317 Å². The van der Waals surface area contributed by atoms with Crippen molar-refractivity contribution in [2.24, 2.45) is 0 Å². The van der Waals surface area contributed by atoms with Gasteiger partial charge in [-0.1, -0.05) is 276 Å². The molecule has 6 aromatic rings. The first kappa shape index (κ1) is 75.3. The van der Waals surface area contributed by atoms with E-state index in [0.717, 1.165) is 32.4 Å². The highest BCUT2D eigenvalue weighted by Crippen LogP contribution is 2.61. The van der Waals surface area contributed by atoms with Gasteiger partial charge in [0.2, 0.25) is 0 Å². The van der Waals surface area contributed by atoms with Crippen molar-refractivity contribution in [3.63, 3.8) is 0 Å². The highest BCUT2D eigenvalue weighted by Gasteiger charge is 2.55. The summed E-state index contributed by atoms with van der Waals surface area (Å²) in [6, 6.07) is 46.2. The number of unbranched alkanes of at least 4 members (excludes halogenated alkanes) is 20. The van der Waals surface area contributed by atoms with Crippen LogP contribution in [0.4, 0.5) is 17.1 Å². The lowest BCUT2D eigenvalue weighted by Gasteiger charge is -2.35. The second-order valence-corrected chi connectivity index (χ2v) is 33.0. The van der Waals surface area contributed by atoms with Crippen LogP contribution in [0.25, 0.3) is 22.3 Å². The average molecular weight is 1410 g/mol. The number of anilines is 3. The molecule has 5 nitrogen and oxygen atoms in total. The number of halogens is 2. The summed E-state index contributed by atoms with van der Waals surface area (Å²) in [5.74, 6) is 0.586. The fraction of sp³-hybridized carbons (Fsp3) is 0.581. The topological polar surface area (TPSA) is 40.2 Å². The van der Waals surface area contributed by atoms with Gasteiger partial charge < -0.3 is 23.5 Å². The molecule has 1 atom stereocenters. The number of hydrogen-bond donors (Lipinski definition) is 0. The lowest BCUT2D eigenvalue weighted by atomic mass is 9.67. The minimum atomic E-state index is -0.389. The fourth-order valence-corrected chi connectivity index (χ4v) is 16.3. The zero-order chi connectivity index (χ0) is 68.0. The summed E-state index contributed by atoms with van der Waals surface area (Å²) in [5, 5.41) is 0. The highest BCUT2D eigenvalue weighted by atomic mass is 79.9. The van der Waals surface area contributed by atoms with E-state index in [1.165, 1.54) is 230 Å². The lowest BCUT2D eigenvalue weighted by molar-refractivity contribution is 0.00578. The Labute approximate surface area is 596 Å². The summed E-state index contributed by atoms with van der Waals surface area (Å²) in [5.41, 5.74) is 17.6. The molecule has 0 aromatic heterocycles. The molecule has 0 amide bonds. The van der Waals surface area contributed by atoms with Crippen LogP contribution in [0.3, 0.4) is 0 Å². The van der Waals surface area contributed by atoms with E-state index < -0.39 is 0 Å². The molecule has 0 N–H and O–H groups in total. The molecule has 2 heterocycles. The van der Waals surface area contributed by atoms with E-state index in [1.54, 1.807) is 11.1 Å². The molecule has 0 radical (unpaired) electrons. The monoisotopic (exact) mass is 1410 g/mol. The van der Waals surface area contributed by atoms with E-state index in [2.05, 4.69) is 255 Å². The first-order chi connectivity index (χ1) is 45.6. The van der Waals surface area contributed by atoms with Crippen molar-refractivity contribution in [2.75, 3.05) is 4.90 Å². The molecule has 1 unspecified atom stereocenters. The Morgan fingerprint density at radius 2 is 0.611 bits per heavy atom. The van der Waals surface area contributed by atoms with Crippen LogP contribution in [0, 0.1) is 0 Å². The molecule has 4 aliphatic rings. The first-order valence-electron chi connectivity index (χ1n) is 38.2. The Morgan fingerprint density at radius 3 is 0.905 bits per heavy atom. The molecule has 0 spiro atoms. The largest absolute Gasteiger partial charge is 0.494 e. The second kappa shape index (κ2) is 33.9. The molecule has 0 bridgehead atoms. The lowest BCUT2D eigenvalue weighted by Crippen LogP contribution is -2.41. The summed E-state index contributed by atoms with van der Waals surface area (Å²) >= 11 is 7.05. The van der Waals surface area contributed by atoms with E-state index in [9.17, 15) is 0 Å². The van der Waals surface area contributed by atoms with Crippen LogP contribution in [-0.2, 0) is 29.4 Å². The standard InChI is InChI=1S/C64H100B2O4.C22H21Br2N/c1-13-17-21-25-29-33-41-63(42-34-30-26-22-18-14-2)55-45-49(65-67-59(5,6)60(7,8)68-65)37-39-51(55)53-48-58-54(47-57(53)63)52-40-38-50(66-69-61(9,10)62(11,12)70-66)46-56(52)64(58,43-35-31-27-23-19-15-3)44-36-32-28-24-20-16-4;1-3-16(2)17-4-10-20(11-5-17)25(21-12-6-18(23)7-13-21)22-14-8-19(24)9-15-22/h37-40,45-48H,13-36,41-44H2,1-12H3;4-16H,3H2,1-2H3. The normalized spacial score (nSPS) is 17.5. The van der Waals surface area contributed by atoms with Gasteiger partial charge in [-0.2, -0.15) is 0 Å². The second-order valence-electron chi connectivity index (χ2n) is 31.2. The van der Waals surface area contributed by atoms with Gasteiger partial charge >= 0.3 is 14.2 Å². The van der Waals surface area contributed by atoms with Crippen molar-refractivity contribution < 1.29 is 18.6 Å². The van der Waals surface area contributed by atoms with Gasteiger partial charge in [-0.15, -0.1) is 0 Å². The molecule has 514 valence electrons. The number of hydrogen-bond acceptors (Lipinski definition) is 5. The van der Waals surface area contributed by atoms with Crippen molar-refractivity contribution in [2.45, 2.75) is 322 Å². The zero-order valence-corrected chi connectivity index (χ0v) is 64.8. The Kier molecular flexibility index (Phi) is 26.9. The van der Waals surface area contributed by atoms with Gasteiger partial charge in [0.15, 0.2) is 0 Å². The Bertz CT molecular complexity index is 3110. The number of rotatable bonds is 35. The molecule has 6 aromatic carbocycles. The van der Waals surface area contributed by atoms with Gasteiger partial charge in [0.1, 0.15) is 0 Å². The van der Waals surface area contributed by atoms with Crippen molar-refractivity contribution in [1.29, 1.82) is 0 Å². The van der Waals surface area contributed by atoms with Crippen LogP contribution in [0.5, 0.6) is 0 Å². The Morgan fingerprint density at radius 1 is 0.337 bits per heavy atom. The predicted molar refractivity (Wildman–Crippen MR) is 418 cm³/mol. The van der Waals surface area contributed by atoms with Crippen LogP contribution in [0.15, 0.2) is 130 Å². The minimum Gasteiger partial charge on any atom is -0.399 e. The van der Waals surface area contributed by atoms with E-state index in [0.29, 0.717) is 5.92 Å². The van der Waals surface area contributed by atoms with E-state index in [1.807, 2.05) is 0 Å². The van der Waals surface area contributed by atoms with Gasteiger partial charge in [0, 0.05) is 36.8 Å². The Balaban J connectivity index is 0.000000353. The van der Waals surface area contributed by atoms with Gasteiger partial charge in [-0.3, -0.25) is 0 Å². The maximum Gasteiger partial charge on any atom is 0.494 e. The SMILES string of the molecule is CCC(C)c1ccc(N(c2ccc(Br)cc2)c2ccc(Br)cc2)cc1.CCCCCCCCC1(CCCCCCCC)c2cc(B3OC(C)(C)C(C)(C)O3)ccc2-c2cc3c(cc21)-c1ccc(B2OC(C)(C)C(C)(C)O2)cc1C3(CCCCCCCC)CCCCCCCC. The predicted octanol–water partition coefficient (Wildman–Crippen LogP) is 26.0. The van der Waals surface area contributed by atoms with Gasteiger partial charge in [-0.05, 0) is 227 Å². The third-order valence-electron chi connectivity index (χ3n) is 23.3. The summed E-state index contributed by atoms with van der Waals surface area (Å²) in [6.07, 6.45) is 37.3. The van der Waals surface area contributed by atoms with Crippen molar-refractivity contribution in [3.8, 4) is 22.3 Å². The van der Waals surface area contributed by atoms with E-state index >= 15 is 0 Å². The molecule has 0 saturated carbocycles. The zero-order valence-electron chi connectivity index (χ0n) is 61.6. The van der Waals surface area contributed by atoms with Crippen molar-refractivity contribution in [3.05, 3.63) is 158 Å². The molecule has 2 saturated heterocycles.